The summed E-state index contributed by atoms with van der Waals surface area (Å²) >= 11 is 1.23. The largest absolute Gasteiger partial charge is 0.491 e. The van der Waals surface area contributed by atoms with E-state index in [1.165, 1.54) is 30.6 Å². The molecule has 3 amide bonds. The van der Waals surface area contributed by atoms with Gasteiger partial charge in [-0.1, -0.05) is 6.42 Å². The Morgan fingerprint density at radius 1 is 1.03 bits per heavy atom. The number of primary amides is 2. The van der Waals surface area contributed by atoms with Crippen molar-refractivity contribution in [2.75, 3.05) is 62.8 Å². The molecule has 4 rings (SSSR count). The van der Waals surface area contributed by atoms with E-state index in [2.05, 4.69) is 15.1 Å². The maximum absolute atomic E-state index is 11.4. The fraction of sp³-hybridized carbons (Fsp3) is 0.478. The molecule has 0 atom stereocenters. The van der Waals surface area contributed by atoms with Crippen LogP contribution in [0.4, 0.5) is 20.3 Å². The van der Waals surface area contributed by atoms with Gasteiger partial charge in [0, 0.05) is 47.9 Å². The Kier molecular flexibility index (Phi) is 8.09. The van der Waals surface area contributed by atoms with E-state index in [0.717, 1.165) is 54.6 Å². The van der Waals surface area contributed by atoms with Crippen LogP contribution in [0.5, 0.6) is 11.5 Å². The molecule has 1 aromatic carbocycles. The average molecular weight is 490 g/mol. The molecule has 11 heteroatoms. The molecular weight excluding hydrogens is 458 g/mol. The van der Waals surface area contributed by atoms with Crippen LogP contribution in [0, 0.1) is 0 Å². The number of urea groups is 1. The van der Waals surface area contributed by atoms with Gasteiger partial charge in [-0.15, -0.1) is 11.3 Å². The number of hydrogen-bond donors (Lipinski definition) is 3. The highest BCUT2D eigenvalue weighted by atomic mass is 32.1. The first-order chi connectivity index (χ1) is 16.5. The summed E-state index contributed by atoms with van der Waals surface area (Å²) in [6.45, 7) is 6.62. The molecule has 34 heavy (non-hydrogen) atoms. The molecule has 1 aromatic heterocycles. The number of piperidine rings is 1. The van der Waals surface area contributed by atoms with Crippen molar-refractivity contribution in [1.82, 2.24) is 4.90 Å². The van der Waals surface area contributed by atoms with Crippen LogP contribution in [-0.4, -0.2) is 69.6 Å². The van der Waals surface area contributed by atoms with Gasteiger partial charge in [0.1, 0.15) is 17.4 Å². The second-order valence-electron chi connectivity index (χ2n) is 8.25. The Morgan fingerprint density at radius 3 is 2.50 bits per heavy atom. The Hall–Kier alpha value is -3.02. The summed E-state index contributed by atoms with van der Waals surface area (Å²) in [5.41, 5.74) is 12.4. The Balaban J connectivity index is 1.61. The molecule has 184 valence electrons. The van der Waals surface area contributed by atoms with Crippen LogP contribution in [0.15, 0.2) is 24.3 Å². The third kappa shape index (κ3) is 6.31. The monoisotopic (exact) mass is 489 g/mol. The predicted octanol–water partition coefficient (Wildman–Crippen LogP) is 3.06. The van der Waals surface area contributed by atoms with E-state index in [0.29, 0.717) is 24.8 Å². The standard InChI is InChI=1S/C23H31N5O5S/c24-22(29)26-21-19(33-23(25)30)15-20(34-21)17-5-4-16(28-9-11-31-12-10-28)14-18(17)32-13-8-27-6-2-1-3-7-27/h4-5,14-15H,1-3,6-13H2,(H2,25,30)(H3,24,26,29). The second-order valence-corrected chi connectivity index (χ2v) is 9.30. The smallest absolute Gasteiger partial charge is 0.410 e. The van der Waals surface area contributed by atoms with Crippen molar-refractivity contribution < 1.29 is 23.8 Å². The lowest BCUT2D eigenvalue weighted by Crippen LogP contribution is -2.36. The zero-order chi connectivity index (χ0) is 23.9. The number of hydrogen-bond acceptors (Lipinski definition) is 8. The zero-order valence-corrected chi connectivity index (χ0v) is 19.9. The molecule has 2 aliphatic rings. The van der Waals surface area contributed by atoms with Crippen LogP contribution in [0.3, 0.4) is 0 Å². The number of thiophene rings is 1. The van der Waals surface area contributed by atoms with Crippen LogP contribution in [0.2, 0.25) is 0 Å². The van der Waals surface area contributed by atoms with Gasteiger partial charge in [0.15, 0.2) is 5.75 Å². The van der Waals surface area contributed by atoms with Crippen molar-refractivity contribution in [3.05, 3.63) is 24.3 Å². The highest BCUT2D eigenvalue weighted by Crippen LogP contribution is 2.44. The summed E-state index contributed by atoms with van der Waals surface area (Å²) in [6.07, 6.45) is 2.77. The molecule has 2 saturated heterocycles. The lowest BCUT2D eigenvalue weighted by Gasteiger charge is -2.29. The summed E-state index contributed by atoms with van der Waals surface area (Å²) in [5.74, 6) is 0.862. The number of carbonyl (C=O) groups excluding carboxylic acids is 2. The molecule has 3 heterocycles. The van der Waals surface area contributed by atoms with Crippen molar-refractivity contribution >= 4 is 34.1 Å². The van der Waals surface area contributed by atoms with Crippen molar-refractivity contribution in [2.24, 2.45) is 11.5 Å². The lowest BCUT2D eigenvalue weighted by atomic mass is 10.1. The van der Waals surface area contributed by atoms with Crippen LogP contribution < -0.4 is 31.2 Å². The number of nitrogens with two attached hydrogens (primary N) is 2. The number of carbonyl (C=O) groups is 2. The van der Waals surface area contributed by atoms with Crippen LogP contribution >= 0.6 is 11.3 Å². The number of rotatable bonds is 8. The zero-order valence-electron chi connectivity index (χ0n) is 19.1. The number of nitrogens with one attached hydrogen (secondary N) is 1. The van der Waals surface area contributed by atoms with Crippen LogP contribution in [-0.2, 0) is 4.74 Å². The van der Waals surface area contributed by atoms with Gasteiger partial charge in [0.2, 0.25) is 0 Å². The number of ether oxygens (including phenoxy) is 3. The molecule has 5 N–H and O–H groups in total. The lowest BCUT2D eigenvalue weighted by molar-refractivity contribution is 0.122. The third-order valence-electron chi connectivity index (χ3n) is 5.87. The second kappa shape index (κ2) is 11.4. The maximum atomic E-state index is 11.4. The normalized spacial score (nSPS) is 16.8. The Labute approximate surface area is 202 Å². The van der Waals surface area contributed by atoms with Crippen molar-refractivity contribution in [1.29, 1.82) is 0 Å². The van der Waals surface area contributed by atoms with Crippen LogP contribution in [0.1, 0.15) is 19.3 Å². The summed E-state index contributed by atoms with van der Waals surface area (Å²) < 4.78 is 16.9. The van der Waals surface area contributed by atoms with Gasteiger partial charge in [-0.05, 0) is 38.1 Å². The summed E-state index contributed by atoms with van der Waals surface area (Å²) in [5, 5.41) is 2.80. The van der Waals surface area contributed by atoms with Gasteiger partial charge in [0.25, 0.3) is 0 Å². The fourth-order valence-corrected chi connectivity index (χ4v) is 5.23. The van der Waals surface area contributed by atoms with Crippen LogP contribution in [0.25, 0.3) is 10.4 Å². The number of amides is 3. The van der Waals surface area contributed by atoms with Crippen molar-refractivity contribution in [3.8, 4) is 21.9 Å². The quantitative estimate of drug-likeness (QED) is 0.519. The van der Waals surface area contributed by atoms with E-state index in [-0.39, 0.29) is 5.75 Å². The SMILES string of the molecule is NC(=O)Nc1sc(-c2ccc(N3CCOCC3)cc2OCCN2CCCCC2)cc1OC(N)=O. The highest BCUT2D eigenvalue weighted by Gasteiger charge is 2.20. The first-order valence-corrected chi connectivity index (χ1v) is 12.3. The summed E-state index contributed by atoms with van der Waals surface area (Å²) in [4.78, 5) is 28.2. The van der Waals surface area contributed by atoms with Gasteiger partial charge in [-0.2, -0.15) is 0 Å². The fourth-order valence-electron chi connectivity index (χ4n) is 4.21. The molecule has 0 aliphatic carbocycles. The first kappa shape index (κ1) is 24.1. The Bertz CT molecular complexity index is 968. The number of benzene rings is 1. The van der Waals surface area contributed by atoms with E-state index >= 15 is 0 Å². The van der Waals surface area contributed by atoms with E-state index in [4.69, 9.17) is 25.7 Å². The number of nitrogens with zero attached hydrogens (tertiary/aromatic N) is 2. The number of likely N-dealkylation sites (tertiary alicyclic amines) is 1. The summed E-state index contributed by atoms with van der Waals surface area (Å²) in [6, 6.07) is 6.94. The van der Waals surface area contributed by atoms with Gasteiger partial charge in [-0.25, -0.2) is 9.59 Å². The number of anilines is 2. The van der Waals surface area contributed by atoms with E-state index in [1.807, 2.05) is 18.2 Å². The highest BCUT2D eigenvalue weighted by molar-refractivity contribution is 7.20. The topological polar surface area (TPSA) is 132 Å². The average Bonchev–Trinajstić information content (AvgIpc) is 3.21. The molecular formula is C23H31N5O5S. The third-order valence-corrected chi connectivity index (χ3v) is 6.93. The maximum Gasteiger partial charge on any atom is 0.410 e. The van der Waals surface area contributed by atoms with Gasteiger partial charge in [-0.3, -0.25) is 10.2 Å². The molecule has 0 spiro atoms. The molecule has 0 saturated carbocycles. The molecule has 2 aromatic rings. The number of morpholine rings is 1. The van der Waals surface area contributed by atoms with Gasteiger partial charge >= 0.3 is 12.1 Å². The van der Waals surface area contributed by atoms with E-state index in [9.17, 15) is 9.59 Å². The summed E-state index contributed by atoms with van der Waals surface area (Å²) in [7, 11) is 0. The predicted molar refractivity (Wildman–Crippen MR) is 132 cm³/mol. The molecule has 0 unspecified atom stereocenters. The Morgan fingerprint density at radius 2 is 1.79 bits per heavy atom. The first-order valence-electron chi connectivity index (χ1n) is 11.5. The minimum atomic E-state index is -0.974. The van der Waals surface area contributed by atoms with Crippen molar-refractivity contribution in [2.45, 2.75) is 19.3 Å². The molecule has 2 aliphatic heterocycles. The van der Waals surface area contributed by atoms with Gasteiger partial charge < -0.3 is 30.6 Å². The van der Waals surface area contributed by atoms with Crippen molar-refractivity contribution in [3.63, 3.8) is 0 Å². The minimum absolute atomic E-state index is 0.142. The molecule has 2 fully saturated rings. The molecule has 10 nitrogen and oxygen atoms in total. The molecule has 0 radical (unpaired) electrons. The van der Waals surface area contributed by atoms with E-state index in [1.54, 1.807) is 6.07 Å². The molecule has 0 bridgehead atoms. The minimum Gasteiger partial charge on any atom is -0.491 e. The van der Waals surface area contributed by atoms with Gasteiger partial charge in [0.05, 0.1) is 13.2 Å². The van der Waals surface area contributed by atoms with E-state index < -0.39 is 12.1 Å².